The number of nitrogens with zero attached hydrogens (tertiary/aromatic N) is 1. The zero-order valence-corrected chi connectivity index (χ0v) is 20.5. The summed E-state index contributed by atoms with van der Waals surface area (Å²) in [6.45, 7) is 2.20. The summed E-state index contributed by atoms with van der Waals surface area (Å²) in [6.07, 6.45) is 0. The van der Waals surface area contributed by atoms with Crippen LogP contribution in [-0.2, 0) is 19.1 Å². The minimum atomic E-state index is -0.856. The molecule has 3 rings (SSSR count). The van der Waals surface area contributed by atoms with Crippen molar-refractivity contribution in [2.45, 2.75) is 12.2 Å². The number of para-hydroxylation sites is 1. The zero-order chi connectivity index (χ0) is 23.3. The van der Waals surface area contributed by atoms with Gasteiger partial charge in [0.2, 0.25) is 5.91 Å². The average Bonchev–Trinajstić information content (AvgIpc) is 3.08. The molecular weight excluding hydrogens is 518 g/mol. The lowest BCUT2D eigenvalue weighted by molar-refractivity contribution is -0.139. The maximum absolute atomic E-state index is 13.0. The van der Waals surface area contributed by atoms with Crippen molar-refractivity contribution < 1.29 is 19.1 Å². The van der Waals surface area contributed by atoms with Crippen LogP contribution in [0, 0.1) is 6.92 Å². The third-order valence-corrected chi connectivity index (χ3v) is 6.91. The molecule has 1 aliphatic rings. The molecule has 0 radical (unpaired) electrons. The molecule has 0 aliphatic carbocycles. The Hall–Kier alpha value is -2.33. The lowest BCUT2D eigenvalue weighted by Crippen LogP contribution is -2.29. The molecule has 0 bridgehead atoms. The first-order chi connectivity index (χ1) is 15.3. The van der Waals surface area contributed by atoms with E-state index in [1.54, 1.807) is 30.3 Å². The number of halogens is 2. The van der Waals surface area contributed by atoms with Gasteiger partial charge in [0.15, 0.2) is 0 Å². The highest BCUT2D eigenvalue weighted by atomic mass is 79.9. The number of nitrogens with two attached hydrogens (primary N) is 1. The number of rotatable bonds is 7. The second kappa shape index (κ2) is 11.0. The van der Waals surface area contributed by atoms with E-state index in [1.807, 2.05) is 19.1 Å². The summed E-state index contributed by atoms with van der Waals surface area (Å²) in [6, 6.07) is 12.4. The average molecular weight is 539 g/mol. The van der Waals surface area contributed by atoms with Crippen LogP contribution in [0.5, 0.6) is 0 Å². The topological polar surface area (TPSA) is 103 Å². The fourth-order valence-corrected chi connectivity index (χ4v) is 4.37. The Morgan fingerprint density at radius 3 is 2.69 bits per heavy atom. The Balaban J connectivity index is 1.91. The standard InChI is InChI=1S/C22H21BrClN3O4S/c1-12-11-13(7-8-14(12)23)26-20(28)19-18(25)17(22(29)31-10-9-30-2)21(32-19)27-16-6-4-3-5-15(16)24/h3-8,11,19H,9-10,25H2,1-2H3,(H,26,28)/t19-/m0/s1. The van der Waals surface area contributed by atoms with E-state index in [0.29, 0.717) is 16.4 Å². The molecule has 168 valence electrons. The van der Waals surface area contributed by atoms with E-state index in [0.717, 1.165) is 21.8 Å². The van der Waals surface area contributed by atoms with Crippen molar-refractivity contribution in [1.29, 1.82) is 0 Å². The summed E-state index contributed by atoms with van der Waals surface area (Å²) >= 11 is 10.7. The predicted molar refractivity (Wildman–Crippen MR) is 131 cm³/mol. The van der Waals surface area contributed by atoms with Crippen molar-refractivity contribution in [3.8, 4) is 0 Å². The second-order valence-corrected chi connectivity index (χ2v) is 9.13. The van der Waals surface area contributed by atoms with Crippen LogP contribution in [0.1, 0.15) is 5.56 Å². The first-order valence-electron chi connectivity index (χ1n) is 9.54. The van der Waals surface area contributed by atoms with Crippen LogP contribution in [-0.4, -0.2) is 42.5 Å². The number of carbonyl (C=O) groups is 2. The number of carbonyl (C=O) groups excluding carboxylic acids is 2. The van der Waals surface area contributed by atoms with Crippen LogP contribution in [0.15, 0.2) is 63.2 Å². The number of hydrogen-bond acceptors (Lipinski definition) is 7. The predicted octanol–water partition coefficient (Wildman–Crippen LogP) is 4.60. The third-order valence-electron chi connectivity index (χ3n) is 4.48. The molecule has 0 spiro atoms. The van der Waals surface area contributed by atoms with Gasteiger partial charge >= 0.3 is 5.97 Å². The Labute approximate surface area is 203 Å². The number of thioether (sulfide) groups is 1. The van der Waals surface area contributed by atoms with Crippen molar-refractivity contribution in [3.63, 3.8) is 0 Å². The summed E-state index contributed by atoms with van der Waals surface area (Å²) < 4.78 is 11.1. The highest BCUT2D eigenvalue weighted by Crippen LogP contribution is 2.37. The molecular formula is C22H21BrClN3O4S. The van der Waals surface area contributed by atoms with Gasteiger partial charge in [0.1, 0.15) is 22.5 Å². The largest absolute Gasteiger partial charge is 0.460 e. The summed E-state index contributed by atoms with van der Waals surface area (Å²) in [5.41, 5.74) is 8.43. The number of benzene rings is 2. The Morgan fingerprint density at radius 1 is 1.25 bits per heavy atom. The van der Waals surface area contributed by atoms with Gasteiger partial charge in [-0.2, -0.15) is 0 Å². The van der Waals surface area contributed by atoms with Gasteiger partial charge in [-0.3, -0.25) is 4.79 Å². The minimum absolute atomic E-state index is 0.0468. The molecule has 0 unspecified atom stereocenters. The van der Waals surface area contributed by atoms with E-state index in [1.165, 1.54) is 7.11 Å². The van der Waals surface area contributed by atoms with Gasteiger partial charge in [0.25, 0.3) is 0 Å². The number of anilines is 1. The number of amides is 1. The number of hydrogen-bond donors (Lipinski definition) is 2. The highest BCUT2D eigenvalue weighted by Gasteiger charge is 2.39. The van der Waals surface area contributed by atoms with Crippen LogP contribution in [0.4, 0.5) is 11.4 Å². The van der Waals surface area contributed by atoms with Gasteiger partial charge in [0.05, 0.1) is 17.3 Å². The van der Waals surface area contributed by atoms with Crippen molar-refractivity contribution in [1.82, 2.24) is 0 Å². The van der Waals surface area contributed by atoms with E-state index in [2.05, 4.69) is 26.2 Å². The zero-order valence-electron chi connectivity index (χ0n) is 17.4. The molecule has 0 saturated carbocycles. The number of aliphatic imine (C=N–C) groups is 1. The molecule has 2 aromatic rings. The van der Waals surface area contributed by atoms with Crippen molar-refractivity contribution in [3.05, 3.63) is 68.8 Å². The third kappa shape index (κ3) is 5.72. The molecule has 0 fully saturated rings. The van der Waals surface area contributed by atoms with Crippen LogP contribution in [0.25, 0.3) is 0 Å². The maximum Gasteiger partial charge on any atom is 0.342 e. The second-order valence-electron chi connectivity index (χ2n) is 6.78. The van der Waals surface area contributed by atoms with Crippen LogP contribution >= 0.6 is 39.3 Å². The van der Waals surface area contributed by atoms with Gasteiger partial charge < -0.3 is 20.5 Å². The fourth-order valence-electron chi connectivity index (χ4n) is 2.84. The molecule has 1 aliphatic heterocycles. The van der Waals surface area contributed by atoms with Gasteiger partial charge in [0, 0.05) is 23.0 Å². The first kappa shape index (κ1) is 24.3. The molecule has 2 aromatic carbocycles. The quantitative estimate of drug-likeness (QED) is 0.395. The lowest BCUT2D eigenvalue weighted by Gasteiger charge is -2.12. The number of methoxy groups -OCH3 is 1. The van der Waals surface area contributed by atoms with Crippen LogP contribution in [0.2, 0.25) is 5.02 Å². The van der Waals surface area contributed by atoms with Crippen LogP contribution in [0.3, 0.4) is 0 Å². The van der Waals surface area contributed by atoms with Crippen molar-refractivity contribution in [2.24, 2.45) is 10.7 Å². The van der Waals surface area contributed by atoms with Gasteiger partial charge in [-0.25, -0.2) is 9.79 Å². The number of esters is 1. The maximum atomic E-state index is 13.0. The Bertz CT molecular complexity index is 1110. The summed E-state index contributed by atoms with van der Waals surface area (Å²) in [7, 11) is 1.50. The Kier molecular flexibility index (Phi) is 8.36. The SMILES string of the molecule is COCCOC(=O)C1=C(N)[C@@H](C(=O)Nc2ccc(Br)c(C)c2)SC1=Nc1ccccc1Cl. The first-order valence-corrected chi connectivity index (χ1v) is 11.6. The molecule has 1 atom stereocenters. The molecule has 1 heterocycles. The molecule has 0 saturated heterocycles. The lowest BCUT2D eigenvalue weighted by atomic mass is 10.1. The van der Waals surface area contributed by atoms with E-state index in [4.69, 9.17) is 26.8 Å². The van der Waals surface area contributed by atoms with Gasteiger partial charge in [-0.05, 0) is 42.8 Å². The van der Waals surface area contributed by atoms with Crippen LogP contribution < -0.4 is 11.1 Å². The van der Waals surface area contributed by atoms with E-state index in [-0.39, 0.29) is 35.4 Å². The Morgan fingerprint density at radius 2 is 2.00 bits per heavy atom. The highest BCUT2D eigenvalue weighted by molar-refractivity contribution is 9.10. The smallest absolute Gasteiger partial charge is 0.342 e. The molecule has 32 heavy (non-hydrogen) atoms. The summed E-state index contributed by atoms with van der Waals surface area (Å²) in [5.74, 6) is -1.05. The van der Waals surface area contributed by atoms with E-state index in [9.17, 15) is 9.59 Å². The number of aryl methyl sites for hydroxylation is 1. The van der Waals surface area contributed by atoms with Gasteiger partial charge in [-0.15, -0.1) is 0 Å². The summed E-state index contributed by atoms with van der Waals surface area (Å²) in [5, 5.41) is 2.66. The molecule has 7 nitrogen and oxygen atoms in total. The number of ether oxygens (including phenoxy) is 2. The fraction of sp³-hybridized carbons (Fsp3) is 0.227. The number of nitrogens with one attached hydrogen (secondary N) is 1. The monoisotopic (exact) mass is 537 g/mol. The minimum Gasteiger partial charge on any atom is -0.460 e. The molecule has 1 amide bonds. The normalized spacial score (nSPS) is 17.0. The van der Waals surface area contributed by atoms with E-state index >= 15 is 0 Å². The van der Waals surface area contributed by atoms with Gasteiger partial charge in [-0.1, -0.05) is 51.4 Å². The van der Waals surface area contributed by atoms with E-state index < -0.39 is 11.2 Å². The van der Waals surface area contributed by atoms with Crippen molar-refractivity contribution in [2.75, 3.05) is 25.6 Å². The molecule has 0 aromatic heterocycles. The van der Waals surface area contributed by atoms with Crippen molar-refractivity contribution >= 4 is 67.6 Å². The molecule has 3 N–H and O–H groups in total. The molecule has 10 heteroatoms. The summed E-state index contributed by atoms with van der Waals surface area (Å²) in [4.78, 5) is 30.2.